The summed E-state index contributed by atoms with van der Waals surface area (Å²) in [7, 11) is 0. The SMILES string of the molecule is CCNC(CC)C(C)c1nc(CCN(CC)CC)no1. The Bertz CT molecular complexity index is 363. The quantitative estimate of drug-likeness (QED) is 0.714. The highest BCUT2D eigenvalue weighted by Crippen LogP contribution is 2.19. The average molecular weight is 282 g/mol. The lowest BCUT2D eigenvalue weighted by atomic mass is 9.99. The Morgan fingerprint density at radius 3 is 2.45 bits per heavy atom. The molecular weight excluding hydrogens is 252 g/mol. The Morgan fingerprint density at radius 1 is 1.20 bits per heavy atom. The van der Waals surface area contributed by atoms with Crippen LogP contribution in [0, 0.1) is 0 Å². The summed E-state index contributed by atoms with van der Waals surface area (Å²) in [5, 5.41) is 7.59. The van der Waals surface area contributed by atoms with Crippen molar-refractivity contribution in [3.05, 3.63) is 11.7 Å². The van der Waals surface area contributed by atoms with Crippen LogP contribution in [0.1, 0.15) is 58.7 Å². The van der Waals surface area contributed by atoms with Crippen molar-refractivity contribution in [1.82, 2.24) is 20.4 Å². The molecule has 0 saturated heterocycles. The van der Waals surface area contributed by atoms with Crippen LogP contribution in [0.5, 0.6) is 0 Å². The molecular formula is C15H30N4O. The second kappa shape index (κ2) is 9.08. The summed E-state index contributed by atoms with van der Waals surface area (Å²) in [5.74, 6) is 1.84. The van der Waals surface area contributed by atoms with E-state index in [-0.39, 0.29) is 5.92 Å². The highest BCUT2D eigenvalue weighted by atomic mass is 16.5. The molecule has 1 aromatic heterocycles. The Balaban J connectivity index is 2.57. The van der Waals surface area contributed by atoms with Gasteiger partial charge in [0.25, 0.3) is 0 Å². The second-order valence-corrected chi connectivity index (χ2v) is 5.19. The van der Waals surface area contributed by atoms with Crippen LogP contribution in [0.4, 0.5) is 0 Å². The van der Waals surface area contributed by atoms with Crippen molar-refractivity contribution in [2.45, 2.75) is 59.4 Å². The van der Waals surface area contributed by atoms with Gasteiger partial charge in [0, 0.05) is 19.0 Å². The first-order valence-corrected chi connectivity index (χ1v) is 7.94. The molecule has 0 bridgehead atoms. The van der Waals surface area contributed by atoms with Crippen molar-refractivity contribution < 1.29 is 4.52 Å². The van der Waals surface area contributed by atoms with Gasteiger partial charge in [0.15, 0.2) is 5.82 Å². The fourth-order valence-electron chi connectivity index (χ4n) is 2.46. The largest absolute Gasteiger partial charge is 0.339 e. The molecule has 0 aliphatic rings. The van der Waals surface area contributed by atoms with E-state index in [0.717, 1.165) is 50.7 Å². The Hall–Kier alpha value is -0.940. The molecule has 20 heavy (non-hydrogen) atoms. The zero-order chi connectivity index (χ0) is 15.0. The van der Waals surface area contributed by atoms with Gasteiger partial charge in [-0.05, 0) is 26.1 Å². The van der Waals surface area contributed by atoms with Gasteiger partial charge in [0.05, 0.1) is 5.92 Å². The van der Waals surface area contributed by atoms with Crippen LogP contribution in [-0.4, -0.2) is 47.3 Å². The van der Waals surface area contributed by atoms with Gasteiger partial charge >= 0.3 is 0 Å². The standard InChI is InChI=1S/C15H30N4O/c1-6-13(16-7-2)12(5)15-17-14(18-20-15)10-11-19(8-3)9-4/h12-13,16H,6-11H2,1-5H3. The van der Waals surface area contributed by atoms with E-state index < -0.39 is 0 Å². The minimum atomic E-state index is 0.259. The second-order valence-electron chi connectivity index (χ2n) is 5.19. The highest BCUT2D eigenvalue weighted by molar-refractivity contribution is 4.97. The molecule has 0 radical (unpaired) electrons. The Kier molecular flexibility index (Phi) is 7.77. The van der Waals surface area contributed by atoms with Crippen LogP contribution in [0.25, 0.3) is 0 Å². The van der Waals surface area contributed by atoms with E-state index in [1.807, 2.05) is 0 Å². The highest BCUT2D eigenvalue weighted by Gasteiger charge is 2.22. The number of hydrogen-bond acceptors (Lipinski definition) is 5. The summed E-state index contributed by atoms with van der Waals surface area (Å²) in [4.78, 5) is 6.93. The summed E-state index contributed by atoms with van der Waals surface area (Å²) in [6, 6.07) is 0.399. The van der Waals surface area contributed by atoms with E-state index in [9.17, 15) is 0 Å². The van der Waals surface area contributed by atoms with Gasteiger partial charge < -0.3 is 14.7 Å². The molecule has 5 nitrogen and oxygen atoms in total. The molecule has 0 aliphatic carbocycles. The number of rotatable bonds is 10. The van der Waals surface area contributed by atoms with E-state index in [4.69, 9.17) is 4.52 Å². The summed E-state index contributed by atoms with van der Waals surface area (Å²) in [5.41, 5.74) is 0. The first kappa shape index (κ1) is 17.1. The van der Waals surface area contributed by atoms with Gasteiger partial charge in [-0.1, -0.05) is 39.8 Å². The average Bonchev–Trinajstić information content (AvgIpc) is 2.94. The maximum absolute atomic E-state index is 5.44. The predicted octanol–water partition coefficient (Wildman–Crippen LogP) is 2.45. The van der Waals surface area contributed by atoms with Crippen molar-refractivity contribution >= 4 is 0 Å². The van der Waals surface area contributed by atoms with Crippen LogP contribution in [0.15, 0.2) is 4.52 Å². The zero-order valence-corrected chi connectivity index (χ0v) is 13.6. The fourth-order valence-corrected chi connectivity index (χ4v) is 2.46. The smallest absolute Gasteiger partial charge is 0.231 e. The van der Waals surface area contributed by atoms with Crippen molar-refractivity contribution in [2.75, 3.05) is 26.2 Å². The minimum Gasteiger partial charge on any atom is -0.339 e. The van der Waals surface area contributed by atoms with Gasteiger partial charge in [-0.3, -0.25) is 0 Å². The lowest BCUT2D eigenvalue weighted by Crippen LogP contribution is -2.33. The number of nitrogens with zero attached hydrogens (tertiary/aromatic N) is 3. The molecule has 5 heteroatoms. The molecule has 2 unspecified atom stereocenters. The first-order chi connectivity index (χ1) is 9.65. The lowest BCUT2D eigenvalue weighted by Gasteiger charge is -2.20. The van der Waals surface area contributed by atoms with E-state index in [1.54, 1.807) is 0 Å². The van der Waals surface area contributed by atoms with Crippen LogP contribution < -0.4 is 5.32 Å². The molecule has 0 aromatic carbocycles. The van der Waals surface area contributed by atoms with Gasteiger partial charge in [-0.2, -0.15) is 4.98 Å². The minimum absolute atomic E-state index is 0.259. The van der Waals surface area contributed by atoms with Gasteiger partial charge in [0.2, 0.25) is 5.89 Å². The molecule has 1 heterocycles. The van der Waals surface area contributed by atoms with E-state index in [0.29, 0.717) is 6.04 Å². The van der Waals surface area contributed by atoms with E-state index in [1.165, 1.54) is 0 Å². The third-order valence-corrected chi connectivity index (χ3v) is 3.93. The molecule has 0 amide bonds. The number of aromatic nitrogens is 2. The molecule has 0 aliphatic heterocycles. The molecule has 116 valence electrons. The molecule has 0 spiro atoms. The molecule has 1 aromatic rings. The summed E-state index contributed by atoms with van der Waals surface area (Å²) in [6.07, 6.45) is 1.92. The third kappa shape index (κ3) is 4.87. The monoisotopic (exact) mass is 282 g/mol. The van der Waals surface area contributed by atoms with E-state index >= 15 is 0 Å². The van der Waals surface area contributed by atoms with Gasteiger partial charge in [-0.15, -0.1) is 0 Å². The van der Waals surface area contributed by atoms with Crippen molar-refractivity contribution in [3.8, 4) is 0 Å². The number of hydrogen-bond donors (Lipinski definition) is 1. The topological polar surface area (TPSA) is 54.2 Å². The van der Waals surface area contributed by atoms with Crippen molar-refractivity contribution in [2.24, 2.45) is 0 Å². The van der Waals surface area contributed by atoms with Crippen molar-refractivity contribution in [3.63, 3.8) is 0 Å². The Morgan fingerprint density at radius 2 is 1.90 bits per heavy atom. The molecule has 2 atom stereocenters. The number of nitrogens with one attached hydrogen (secondary N) is 1. The summed E-state index contributed by atoms with van der Waals surface area (Å²) in [6.45, 7) is 14.9. The van der Waals surface area contributed by atoms with Gasteiger partial charge in [-0.25, -0.2) is 0 Å². The number of likely N-dealkylation sites (N-methyl/N-ethyl adjacent to an activating group) is 2. The van der Waals surface area contributed by atoms with Crippen molar-refractivity contribution in [1.29, 1.82) is 0 Å². The Labute approximate surface area is 123 Å². The first-order valence-electron chi connectivity index (χ1n) is 7.94. The lowest BCUT2D eigenvalue weighted by molar-refractivity contribution is 0.299. The van der Waals surface area contributed by atoms with E-state index in [2.05, 4.69) is 55.0 Å². The molecule has 1 rings (SSSR count). The molecule has 0 fully saturated rings. The summed E-state index contributed by atoms with van der Waals surface area (Å²) < 4.78 is 5.44. The maximum Gasteiger partial charge on any atom is 0.231 e. The van der Waals surface area contributed by atoms with Gasteiger partial charge in [0.1, 0.15) is 0 Å². The van der Waals surface area contributed by atoms with Crippen LogP contribution in [0.3, 0.4) is 0 Å². The molecule has 0 saturated carbocycles. The zero-order valence-electron chi connectivity index (χ0n) is 13.6. The fraction of sp³-hybridized carbons (Fsp3) is 0.867. The maximum atomic E-state index is 5.44. The van der Waals surface area contributed by atoms with Crippen LogP contribution in [0.2, 0.25) is 0 Å². The van der Waals surface area contributed by atoms with Crippen LogP contribution >= 0.6 is 0 Å². The molecule has 1 N–H and O–H groups in total. The van der Waals surface area contributed by atoms with Crippen LogP contribution in [-0.2, 0) is 6.42 Å². The third-order valence-electron chi connectivity index (χ3n) is 3.93. The predicted molar refractivity (Wildman–Crippen MR) is 82.0 cm³/mol. The normalized spacial score (nSPS) is 14.7. The summed E-state index contributed by atoms with van der Waals surface area (Å²) >= 11 is 0.